The summed E-state index contributed by atoms with van der Waals surface area (Å²) in [6.07, 6.45) is 2.05. The molecule has 0 aromatic carbocycles. The standard InChI is InChI=1S/C15H26N2O2S/c1-5-12(6-2)14(13-8-7-9-20-13)16-15(19)17(4)11(3)10-18/h7-9,11-12,14,18H,5-6,10H2,1-4H3,(H,16,19). The molecule has 0 fully saturated rings. The van der Waals surface area contributed by atoms with Gasteiger partial charge in [-0.2, -0.15) is 0 Å². The van der Waals surface area contributed by atoms with Crippen molar-refractivity contribution >= 4 is 17.4 Å². The van der Waals surface area contributed by atoms with E-state index in [-0.39, 0.29) is 24.7 Å². The number of rotatable bonds is 7. The van der Waals surface area contributed by atoms with E-state index < -0.39 is 0 Å². The number of aliphatic hydroxyl groups is 1. The van der Waals surface area contributed by atoms with Crippen LogP contribution in [0.3, 0.4) is 0 Å². The van der Waals surface area contributed by atoms with Crippen LogP contribution in [-0.2, 0) is 0 Å². The summed E-state index contributed by atoms with van der Waals surface area (Å²) in [5.41, 5.74) is 0. The third kappa shape index (κ3) is 4.21. The van der Waals surface area contributed by atoms with Crippen LogP contribution in [0.1, 0.15) is 44.5 Å². The van der Waals surface area contributed by atoms with Crippen LogP contribution in [0.25, 0.3) is 0 Å². The topological polar surface area (TPSA) is 52.6 Å². The quantitative estimate of drug-likeness (QED) is 0.812. The molecule has 1 aromatic rings. The molecule has 20 heavy (non-hydrogen) atoms. The molecule has 0 aliphatic rings. The fraction of sp³-hybridized carbons (Fsp3) is 0.667. The number of aliphatic hydroxyl groups excluding tert-OH is 1. The molecular formula is C15H26N2O2S. The van der Waals surface area contributed by atoms with Crippen LogP contribution in [0.15, 0.2) is 17.5 Å². The van der Waals surface area contributed by atoms with E-state index in [2.05, 4.69) is 25.2 Å². The molecule has 4 nitrogen and oxygen atoms in total. The van der Waals surface area contributed by atoms with Gasteiger partial charge in [-0.05, 0) is 24.3 Å². The van der Waals surface area contributed by atoms with E-state index in [4.69, 9.17) is 5.11 Å². The molecular weight excluding hydrogens is 272 g/mol. The molecule has 0 aliphatic carbocycles. The third-order valence-electron chi connectivity index (χ3n) is 3.89. The maximum absolute atomic E-state index is 12.3. The lowest BCUT2D eigenvalue weighted by Gasteiger charge is -2.30. The number of amides is 2. The summed E-state index contributed by atoms with van der Waals surface area (Å²) in [6, 6.07) is 3.83. The summed E-state index contributed by atoms with van der Waals surface area (Å²) in [5, 5.41) is 14.3. The van der Waals surface area contributed by atoms with Gasteiger partial charge in [-0.3, -0.25) is 0 Å². The van der Waals surface area contributed by atoms with Gasteiger partial charge in [0.15, 0.2) is 0 Å². The summed E-state index contributed by atoms with van der Waals surface area (Å²) in [7, 11) is 1.72. The first kappa shape index (κ1) is 17.0. The molecule has 5 heteroatoms. The lowest BCUT2D eigenvalue weighted by Crippen LogP contribution is -2.46. The molecule has 2 amide bonds. The monoisotopic (exact) mass is 298 g/mol. The zero-order chi connectivity index (χ0) is 15.1. The summed E-state index contributed by atoms with van der Waals surface area (Å²) < 4.78 is 0. The van der Waals surface area contributed by atoms with E-state index in [9.17, 15) is 4.79 Å². The second kappa shape index (κ2) is 8.27. The zero-order valence-electron chi connectivity index (χ0n) is 12.8. The van der Waals surface area contributed by atoms with Gasteiger partial charge in [0.05, 0.1) is 18.7 Å². The van der Waals surface area contributed by atoms with Crippen LogP contribution in [0.4, 0.5) is 4.79 Å². The highest BCUT2D eigenvalue weighted by atomic mass is 32.1. The van der Waals surface area contributed by atoms with E-state index in [1.165, 1.54) is 4.88 Å². The first-order valence-electron chi connectivity index (χ1n) is 7.22. The third-order valence-corrected chi connectivity index (χ3v) is 4.85. The highest BCUT2D eigenvalue weighted by molar-refractivity contribution is 7.10. The Morgan fingerprint density at radius 2 is 2.10 bits per heavy atom. The molecule has 0 saturated heterocycles. The van der Waals surface area contributed by atoms with Gasteiger partial charge < -0.3 is 15.3 Å². The highest BCUT2D eigenvalue weighted by Crippen LogP contribution is 2.30. The minimum atomic E-state index is -0.180. The van der Waals surface area contributed by atoms with Gasteiger partial charge >= 0.3 is 6.03 Å². The Morgan fingerprint density at radius 3 is 2.55 bits per heavy atom. The summed E-state index contributed by atoms with van der Waals surface area (Å²) in [5.74, 6) is 0.426. The molecule has 0 bridgehead atoms. The summed E-state index contributed by atoms with van der Waals surface area (Å²) in [6.45, 7) is 6.11. The van der Waals surface area contributed by atoms with Crippen molar-refractivity contribution in [2.24, 2.45) is 5.92 Å². The molecule has 1 aromatic heterocycles. The maximum Gasteiger partial charge on any atom is 0.317 e. The Bertz CT molecular complexity index is 391. The minimum absolute atomic E-state index is 0.0292. The number of hydrogen-bond donors (Lipinski definition) is 2. The van der Waals surface area contributed by atoms with Gasteiger partial charge in [0.25, 0.3) is 0 Å². The maximum atomic E-state index is 12.3. The normalized spacial score (nSPS) is 14.1. The molecule has 0 spiro atoms. The Morgan fingerprint density at radius 1 is 1.45 bits per heavy atom. The van der Waals surface area contributed by atoms with Crippen molar-refractivity contribution in [1.29, 1.82) is 0 Å². The van der Waals surface area contributed by atoms with Crippen LogP contribution in [0, 0.1) is 5.92 Å². The number of carbonyl (C=O) groups excluding carboxylic acids is 1. The number of thiophene rings is 1. The van der Waals surface area contributed by atoms with E-state index in [1.54, 1.807) is 23.3 Å². The molecule has 2 N–H and O–H groups in total. The molecule has 0 radical (unpaired) electrons. The van der Waals surface area contributed by atoms with Crippen LogP contribution in [0.2, 0.25) is 0 Å². The number of likely N-dealkylation sites (N-methyl/N-ethyl adjacent to an activating group) is 1. The van der Waals surface area contributed by atoms with E-state index in [0.717, 1.165) is 12.8 Å². The Kier molecular flexibility index (Phi) is 7.02. The van der Waals surface area contributed by atoms with Crippen molar-refractivity contribution in [2.75, 3.05) is 13.7 Å². The van der Waals surface area contributed by atoms with Crippen molar-refractivity contribution in [3.8, 4) is 0 Å². The van der Waals surface area contributed by atoms with Crippen LogP contribution in [-0.4, -0.2) is 35.7 Å². The number of carbonyl (C=O) groups is 1. The van der Waals surface area contributed by atoms with Crippen LogP contribution < -0.4 is 5.32 Å². The lowest BCUT2D eigenvalue weighted by molar-refractivity contribution is 0.151. The molecule has 0 aliphatic heterocycles. The number of hydrogen-bond acceptors (Lipinski definition) is 3. The van der Waals surface area contributed by atoms with Crippen LogP contribution in [0.5, 0.6) is 0 Å². The summed E-state index contributed by atoms with van der Waals surface area (Å²) in [4.78, 5) is 15.0. The van der Waals surface area contributed by atoms with E-state index in [0.29, 0.717) is 5.92 Å². The molecule has 2 unspecified atom stereocenters. The fourth-order valence-electron chi connectivity index (χ4n) is 2.21. The lowest BCUT2D eigenvalue weighted by atomic mass is 9.93. The van der Waals surface area contributed by atoms with Crippen molar-refractivity contribution in [1.82, 2.24) is 10.2 Å². The van der Waals surface area contributed by atoms with Gasteiger partial charge in [-0.1, -0.05) is 32.8 Å². The minimum Gasteiger partial charge on any atom is -0.394 e. The van der Waals surface area contributed by atoms with Crippen molar-refractivity contribution in [3.63, 3.8) is 0 Å². The Hall–Kier alpha value is -1.07. The van der Waals surface area contributed by atoms with Gasteiger partial charge in [0.2, 0.25) is 0 Å². The van der Waals surface area contributed by atoms with Crippen molar-refractivity contribution < 1.29 is 9.90 Å². The average molecular weight is 298 g/mol. The predicted molar refractivity (Wildman–Crippen MR) is 84.0 cm³/mol. The number of nitrogens with one attached hydrogen (secondary N) is 1. The second-order valence-electron chi connectivity index (χ2n) is 5.16. The van der Waals surface area contributed by atoms with Gasteiger partial charge in [0, 0.05) is 11.9 Å². The van der Waals surface area contributed by atoms with Crippen molar-refractivity contribution in [2.45, 2.75) is 45.7 Å². The smallest absolute Gasteiger partial charge is 0.317 e. The number of nitrogens with zero attached hydrogens (tertiary/aromatic N) is 1. The first-order chi connectivity index (χ1) is 9.54. The summed E-state index contributed by atoms with van der Waals surface area (Å²) >= 11 is 1.68. The molecule has 114 valence electrons. The zero-order valence-corrected chi connectivity index (χ0v) is 13.6. The van der Waals surface area contributed by atoms with E-state index in [1.807, 2.05) is 18.4 Å². The average Bonchev–Trinajstić information content (AvgIpc) is 2.99. The van der Waals surface area contributed by atoms with Gasteiger partial charge in [0.1, 0.15) is 0 Å². The molecule has 0 saturated carbocycles. The fourth-order valence-corrected chi connectivity index (χ4v) is 3.08. The highest BCUT2D eigenvalue weighted by Gasteiger charge is 2.25. The van der Waals surface area contributed by atoms with Gasteiger partial charge in [-0.15, -0.1) is 11.3 Å². The van der Waals surface area contributed by atoms with Crippen molar-refractivity contribution in [3.05, 3.63) is 22.4 Å². The largest absolute Gasteiger partial charge is 0.394 e. The Balaban J connectivity index is 2.82. The first-order valence-corrected chi connectivity index (χ1v) is 8.10. The molecule has 2 atom stereocenters. The predicted octanol–water partition coefficient (Wildman–Crippen LogP) is 3.25. The second-order valence-corrected chi connectivity index (χ2v) is 6.14. The number of urea groups is 1. The Labute approximate surface area is 125 Å². The van der Waals surface area contributed by atoms with E-state index >= 15 is 0 Å². The molecule has 1 rings (SSSR count). The molecule has 1 heterocycles. The van der Waals surface area contributed by atoms with Crippen LogP contribution >= 0.6 is 11.3 Å². The SMILES string of the molecule is CCC(CC)C(NC(=O)N(C)C(C)CO)c1cccs1. The van der Waals surface area contributed by atoms with Gasteiger partial charge in [-0.25, -0.2) is 4.79 Å².